The summed E-state index contributed by atoms with van der Waals surface area (Å²) in [5.41, 5.74) is 1.47. The Morgan fingerprint density at radius 3 is 2.67 bits per heavy atom. The Morgan fingerprint density at radius 2 is 1.97 bits per heavy atom. The van der Waals surface area contributed by atoms with E-state index < -0.39 is 16.6 Å². The Hall–Kier alpha value is -3.40. The number of nitro groups is 1. The van der Waals surface area contributed by atoms with Gasteiger partial charge in [0.25, 0.3) is 0 Å². The quantitative estimate of drug-likeness (QED) is 0.450. The van der Waals surface area contributed by atoms with E-state index in [4.69, 9.17) is 0 Å². The van der Waals surface area contributed by atoms with E-state index in [-0.39, 0.29) is 28.7 Å². The van der Waals surface area contributed by atoms with Gasteiger partial charge in [-0.1, -0.05) is 0 Å². The van der Waals surface area contributed by atoms with Crippen molar-refractivity contribution >= 4 is 22.4 Å². The van der Waals surface area contributed by atoms with E-state index in [1.807, 2.05) is 4.57 Å². The molecule has 1 aromatic carbocycles. The van der Waals surface area contributed by atoms with Crippen LogP contribution in [0.25, 0.3) is 10.9 Å². The van der Waals surface area contributed by atoms with Gasteiger partial charge in [-0.3, -0.25) is 4.79 Å². The van der Waals surface area contributed by atoms with Crippen molar-refractivity contribution in [1.82, 2.24) is 14.9 Å². The van der Waals surface area contributed by atoms with Crippen LogP contribution in [0, 0.1) is 21.7 Å². The normalized spacial score (nSPS) is 18.6. The van der Waals surface area contributed by atoms with E-state index in [9.17, 15) is 23.7 Å². The standard InChI is InChI=1S/C23H23F2N5O3/c24-19-8-18-21(9-20(19)25)29(16-3-4-16)12-14(23(18)31)10-26-15-2-1-7-28(13-15)17-5-6-22(27-11-17)30(32)33/h5-6,8-9,11-12,15-16,26H,1-4,7,10,13H2. The highest BCUT2D eigenvalue weighted by atomic mass is 19.2. The number of pyridine rings is 2. The van der Waals surface area contributed by atoms with Gasteiger partial charge in [-0.05, 0) is 47.7 Å². The maximum absolute atomic E-state index is 13.9. The summed E-state index contributed by atoms with van der Waals surface area (Å²) in [7, 11) is 0. The average Bonchev–Trinajstić information content (AvgIpc) is 3.66. The van der Waals surface area contributed by atoms with Gasteiger partial charge < -0.3 is 24.9 Å². The molecule has 1 aliphatic heterocycles. The van der Waals surface area contributed by atoms with Crippen molar-refractivity contribution in [3.05, 3.63) is 74.2 Å². The molecule has 10 heteroatoms. The van der Waals surface area contributed by atoms with Crippen molar-refractivity contribution in [2.75, 3.05) is 18.0 Å². The first-order valence-corrected chi connectivity index (χ1v) is 11.0. The molecule has 5 rings (SSSR count). The Bertz CT molecular complexity index is 1270. The van der Waals surface area contributed by atoms with Crippen LogP contribution in [0.15, 0.2) is 41.5 Å². The molecule has 172 valence electrons. The number of fused-ring (bicyclic) bond motifs is 1. The number of halogens is 2. The maximum Gasteiger partial charge on any atom is 0.363 e. The fourth-order valence-corrected chi connectivity index (χ4v) is 4.49. The number of nitrogens with zero attached hydrogens (tertiary/aromatic N) is 4. The molecule has 0 radical (unpaired) electrons. The van der Waals surface area contributed by atoms with Gasteiger partial charge in [-0.2, -0.15) is 0 Å². The first-order valence-electron chi connectivity index (χ1n) is 11.0. The third-order valence-electron chi connectivity index (χ3n) is 6.38. The zero-order chi connectivity index (χ0) is 23.1. The molecule has 1 unspecified atom stereocenters. The molecule has 3 aromatic rings. The summed E-state index contributed by atoms with van der Waals surface area (Å²) in [4.78, 5) is 29.3. The first kappa shape index (κ1) is 21.4. The van der Waals surface area contributed by atoms with E-state index in [1.165, 1.54) is 12.3 Å². The van der Waals surface area contributed by atoms with Gasteiger partial charge in [0.2, 0.25) is 0 Å². The van der Waals surface area contributed by atoms with Gasteiger partial charge in [0.15, 0.2) is 23.3 Å². The van der Waals surface area contributed by atoms with E-state index in [0.29, 0.717) is 24.2 Å². The average molecular weight is 455 g/mol. The molecule has 1 saturated carbocycles. The summed E-state index contributed by atoms with van der Waals surface area (Å²) in [6.07, 6.45) is 7.01. The molecule has 0 bridgehead atoms. The van der Waals surface area contributed by atoms with Gasteiger partial charge in [0, 0.05) is 61.0 Å². The lowest BCUT2D eigenvalue weighted by molar-refractivity contribution is -0.389. The minimum atomic E-state index is -1.02. The molecule has 8 nitrogen and oxygen atoms in total. The largest absolute Gasteiger partial charge is 0.367 e. The molecular weight excluding hydrogens is 432 g/mol. The highest BCUT2D eigenvalue weighted by Crippen LogP contribution is 2.37. The number of piperidine rings is 1. The predicted molar refractivity (Wildman–Crippen MR) is 119 cm³/mol. The van der Waals surface area contributed by atoms with Gasteiger partial charge in [-0.15, -0.1) is 0 Å². The van der Waals surface area contributed by atoms with Gasteiger partial charge >= 0.3 is 5.82 Å². The molecule has 3 heterocycles. The minimum Gasteiger partial charge on any atom is -0.367 e. The Balaban J connectivity index is 1.34. The van der Waals surface area contributed by atoms with Crippen LogP contribution in [0.5, 0.6) is 0 Å². The fourth-order valence-electron chi connectivity index (χ4n) is 4.49. The van der Waals surface area contributed by atoms with E-state index >= 15 is 0 Å². The smallest absolute Gasteiger partial charge is 0.363 e. The first-order chi connectivity index (χ1) is 15.9. The van der Waals surface area contributed by atoms with Crippen molar-refractivity contribution in [2.24, 2.45) is 0 Å². The zero-order valence-electron chi connectivity index (χ0n) is 17.8. The summed E-state index contributed by atoms with van der Waals surface area (Å²) in [5.74, 6) is -2.16. The number of anilines is 1. The molecule has 33 heavy (non-hydrogen) atoms. The number of rotatable bonds is 6. The second-order valence-electron chi connectivity index (χ2n) is 8.70. The zero-order valence-corrected chi connectivity index (χ0v) is 17.8. The SMILES string of the molecule is O=c1c(CNC2CCCN(c3ccc([N+](=O)[O-])nc3)C2)cn(C2CC2)c2cc(F)c(F)cc12. The highest BCUT2D eigenvalue weighted by Gasteiger charge is 2.27. The Kier molecular flexibility index (Phi) is 5.53. The second-order valence-corrected chi connectivity index (χ2v) is 8.70. The third kappa shape index (κ3) is 4.30. The van der Waals surface area contributed by atoms with Crippen LogP contribution in [-0.4, -0.2) is 33.6 Å². The van der Waals surface area contributed by atoms with Crippen molar-refractivity contribution in [3.8, 4) is 0 Å². The number of aromatic nitrogens is 2. The van der Waals surface area contributed by atoms with E-state index in [2.05, 4.69) is 15.2 Å². The maximum atomic E-state index is 13.9. The predicted octanol–water partition coefficient (Wildman–Crippen LogP) is 3.68. The molecule has 2 fully saturated rings. The topological polar surface area (TPSA) is 93.3 Å². The molecule has 0 spiro atoms. The van der Waals surface area contributed by atoms with Gasteiger partial charge in [-0.25, -0.2) is 8.78 Å². The van der Waals surface area contributed by atoms with Crippen molar-refractivity contribution in [2.45, 2.75) is 44.3 Å². The summed E-state index contributed by atoms with van der Waals surface area (Å²) in [6.45, 7) is 1.80. The van der Waals surface area contributed by atoms with Gasteiger partial charge in [0.1, 0.15) is 0 Å². The van der Waals surface area contributed by atoms with Gasteiger partial charge in [0.05, 0.1) is 11.2 Å². The summed E-state index contributed by atoms with van der Waals surface area (Å²) in [5, 5.41) is 14.5. The lowest BCUT2D eigenvalue weighted by Crippen LogP contribution is -2.46. The van der Waals surface area contributed by atoms with Crippen LogP contribution < -0.4 is 15.6 Å². The summed E-state index contributed by atoms with van der Waals surface area (Å²) < 4.78 is 29.6. The Morgan fingerprint density at radius 1 is 1.18 bits per heavy atom. The number of benzene rings is 1. The fraction of sp³-hybridized carbons (Fsp3) is 0.391. The van der Waals surface area contributed by atoms with Crippen LogP contribution in [-0.2, 0) is 6.54 Å². The monoisotopic (exact) mass is 455 g/mol. The number of hydrogen-bond acceptors (Lipinski definition) is 6. The van der Waals surface area contributed by atoms with Crippen LogP contribution in [0.4, 0.5) is 20.3 Å². The minimum absolute atomic E-state index is 0.100. The van der Waals surface area contributed by atoms with Crippen LogP contribution in [0.3, 0.4) is 0 Å². The van der Waals surface area contributed by atoms with Crippen LogP contribution >= 0.6 is 0 Å². The molecule has 1 saturated heterocycles. The molecule has 1 atom stereocenters. The Labute approximate surface area is 188 Å². The highest BCUT2D eigenvalue weighted by molar-refractivity contribution is 5.80. The molecule has 2 aromatic heterocycles. The summed E-state index contributed by atoms with van der Waals surface area (Å²) >= 11 is 0. The lowest BCUT2D eigenvalue weighted by Gasteiger charge is -2.34. The molecule has 0 amide bonds. The number of nitrogens with one attached hydrogen (secondary N) is 1. The molecule has 1 N–H and O–H groups in total. The molecular formula is C23H23F2N5O3. The second kappa shape index (κ2) is 8.51. The van der Waals surface area contributed by atoms with Crippen molar-refractivity contribution in [3.63, 3.8) is 0 Å². The van der Waals surface area contributed by atoms with Crippen LogP contribution in [0.2, 0.25) is 0 Å². The van der Waals surface area contributed by atoms with E-state index in [1.54, 1.807) is 12.3 Å². The lowest BCUT2D eigenvalue weighted by atomic mass is 10.0. The summed E-state index contributed by atoms with van der Waals surface area (Å²) in [6, 6.07) is 5.50. The van der Waals surface area contributed by atoms with Crippen molar-refractivity contribution < 1.29 is 13.7 Å². The van der Waals surface area contributed by atoms with Crippen LogP contribution in [0.1, 0.15) is 37.3 Å². The number of hydrogen-bond donors (Lipinski definition) is 1. The third-order valence-corrected chi connectivity index (χ3v) is 6.38. The van der Waals surface area contributed by atoms with Crippen molar-refractivity contribution in [1.29, 1.82) is 0 Å². The molecule has 1 aliphatic carbocycles. The molecule has 2 aliphatic rings. The van der Waals surface area contributed by atoms with E-state index in [0.717, 1.165) is 50.0 Å².